The van der Waals surface area contributed by atoms with E-state index in [2.05, 4.69) is 14.9 Å². The molecule has 0 unspecified atom stereocenters. The number of para-hydroxylation sites is 1. The Morgan fingerprint density at radius 2 is 1.87 bits per heavy atom. The molecule has 0 aliphatic carbocycles. The van der Waals surface area contributed by atoms with Gasteiger partial charge < -0.3 is 14.8 Å². The summed E-state index contributed by atoms with van der Waals surface area (Å²) in [5.41, 5.74) is 2.55. The van der Waals surface area contributed by atoms with Gasteiger partial charge in [-0.15, -0.1) is 5.10 Å². The van der Waals surface area contributed by atoms with Gasteiger partial charge in [-0.05, 0) is 43.3 Å². The van der Waals surface area contributed by atoms with Gasteiger partial charge in [-0.2, -0.15) is 0 Å². The number of methoxy groups -OCH3 is 1. The molecule has 0 atom stereocenters. The maximum Gasteiger partial charge on any atom is 0.362 e. The summed E-state index contributed by atoms with van der Waals surface area (Å²) in [6.07, 6.45) is 0. The monoisotopic (exact) mass is 434 g/mol. The van der Waals surface area contributed by atoms with Crippen molar-refractivity contribution in [3.63, 3.8) is 0 Å². The Bertz CT molecular complexity index is 1250. The second kappa shape index (κ2) is 8.88. The van der Waals surface area contributed by atoms with Crippen LogP contribution in [-0.4, -0.2) is 40.2 Å². The van der Waals surface area contributed by atoms with Crippen molar-refractivity contribution < 1.29 is 19.1 Å². The van der Waals surface area contributed by atoms with Crippen LogP contribution in [0.2, 0.25) is 0 Å². The number of hydrogen-bond donors (Lipinski definition) is 1. The van der Waals surface area contributed by atoms with Crippen molar-refractivity contribution in [3.8, 4) is 17.0 Å². The summed E-state index contributed by atoms with van der Waals surface area (Å²) in [6, 6.07) is 16.5. The van der Waals surface area contributed by atoms with E-state index in [0.29, 0.717) is 22.2 Å². The SMILES string of the molecule is CCOC(=O)c1nnsc1NC(=O)c1cc(-c2ccc(OC)cc2)nc2ccccc12. The molecule has 0 aliphatic heterocycles. The predicted molar refractivity (Wildman–Crippen MR) is 118 cm³/mol. The summed E-state index contributed by atoms with van der Waals surface area (Å²) in [7, 11) is 1.60. The lowest BCUT2D eigenvalue weighted by Crippen LogP contribution is -2.15. The number of fused-ring (bicyclic) bond motifs is 1. The third-order valence-corrected chi connectivity index (χ3v) is 5.17. The molecule has 0 bridgehead atoms. The van der Waals surface area contributed by atoms with Gasteiger partial charge in [0.15, 0.2) is 5.00 Å². The van der Waals surface area contributed by atoms with Crippen LogP contribution in [-0.2, 0) is 4.74 Å². The Hall–Kier alpha value is -3.85. The largest absolute Gasteiger partial charge is 0.497 e. The van der Waals surface area contributed by atoms with Crippen molar-refractivity contribution in [1.82, 2.24) is 14.6 Å². The normalized spacial score (nSPS) is 10.6. The highest BCUT2D eigenvalue weighted by atomic mass is 32.1. The van der Waals surface area contributed by atoms with Gasteiger partial charge in [0.1, 0.15) is 5.75 Å². The third kappa shape index (κ3) is 4.22. The number of anilines is 1. The molecule has 1 amide bonds. The first-order valence-electron chi connectivity index (χ1n) is 9.45. The maximum absolute atomic E-state index is 13.2. The molecule has 2 heterocycles. The van der Waals surface area contributed by atoms with Gasteiger partial charge in [0, 0.05) is 22.5 Å². The minimum absolute atomic E-state index is 0.0195. The van der Waals surface area contributed by atoms with Crippen LogP contribution in [0.1, 0.15) is 27.8 Å². The molecule has 9 heteroatoms. The Kier molecular flexibility index (Phi) is 5.85. The number of ether oxygens (including phenoxy) is 2. The molecule has 4 rings (SSSR count). The third-order valence-electron chi connectivity index (χ3n) is 4.53. The van der Waals surface area contributed by atoms with Gasteiger partial charge in [-0.1, -0.05) is 22.7 Å². The van der Waals surface area contributed by atoms with Crippen molar-refractivity contribution in [2.24, 2.45) is 0 Å². The fraction of sp³-hybridized carbons (Fsp3) is 0.136. The number of nitrogens with one attached hydrogen (secondary N) is 1. The summed E-state index contributed by atoms with van der Waals surface area (Å²) in [5, 5.41) is 7.44. The number of rotatable bonds is 6. The summed E-state index contributed by atoms with van der Waals surface area (Å²) < 4.78 is 14.0. The van der Waals surface area contributed by atoms with Crippen LogP contribution in [0, 0.1) is 0 Å². The molecule has 0 fully saturated rings. The second-order valence-corrected chi connectivity index (χ2v) is 7.18. The van der Waals surface area contributed by atoms with E-state index >= 15 is 0 Å². The fourth-order valence-corrected chi connectivity index (χ4v) is 3.60. The number of hydrogen-bond acceptors (Lipinski definition) is 8. The minimum Gasteiger partial charge on any atom is -0.497 e. The van der Waals surface area contributed by atoms with Crippen LogP contribution >= 0.6 is 11.5 Å². The van der Waals surface area contributed by atoms with Gasteiger partial charge in [-0.3, -0.25) is 4.79 Å². The van der Waals surface area contributed by atoms with Crippen LogP contribution in [0.4, 0.5) is 5.00 Å². The molecule has 156 valence electrons. The summed E-state index contributed by atoms with van der Waals surface area (Å²) in [6.45, 7) is 1.89. The number of aromatic nitrogens is 3. The van der Waals surface area contributed by atoms with Crippen LogP contribution in [0.15, 0.2) is 54.6 Å². The van der Waals surface area contributed by atoms with Gasteiger partial charge in [0.2, 0.25) is 5.69 Å². The number of carbonyl (C=O) groups excluding carboxylic acids is 2. The first-order valence-corrected chi connectivity index (χ1v) is 10.2. The van der Waals surface area contributed by atoms with E-state index < -0.39 is 11.9 Å². The molecule has 1 N–H and O–H groups in total. The molecule has 0 aliphatic rings. The number of nitrogens with zero attached hydrogens (tertiary/aromatic N) is 3. The van der Waals surface area contributed by atoms with E-state index in [-0.39, 0.29) is 17.3 Å². The van der Waals surface area contributed by atoms with Crippen molar-refractivity contribution in [2.75, 3.05) is 19.0 Å². The number of esters is 1. The number of carbonyl (C=O) groups is 2. The van der Waals surface area contributed by atoms with Crippen molar-refractivity contribution >= 4 is 39.3 Å². The van der Waals surface area contributed by atoms with E-state index in [1.54, 1.807) is 20.1 Å². The summed E-state index contributed by atoms with van der Waals surface area (Å²) >= 11 is 0.913. The molecule has 31 heavy (non-hydrogen) atoms. The zero-order chi connectivity index (χ0) is 21.8. The van der Waals surface area contributed by atoms with Crippen molar-refractivity contribution in [1.29, 1.82) is 0 Å². The highest BCUT2D eigenvalue weighted by molar-refractivity contribution is 7.10. The zero-order valence-corrected chi connectivity index (χ0v) is 17.6. The predicted octanol–water partition coefficient (Wildman–Crippen LogP) is 4.19. The van der Waals surface area contributed by atoms with Crippen molar-refractivity contribution in [2.45, 2.75) is 6.92 Å². The smallest absolute Gasteiger partial charge is 0.362 e. The van der Waals surface area contributed by atoms with E-state index in [4.69, 9.17) is 14.5 Å². The molecule has 8 nitrogen and oxygen atoms in total. The number of pyridine rings is 1. The van der Waals surface area contributed by atoms with Gasteiger partial charge in [-0.25, -0.2) is 9.78 Å². The molecule has 0 spiro atoms. The van der Waals surface area contributed by atoms with Crippen LogP contribution in [0.3, 0.4) is 0 Å². The molecular formula is C22H18N4O4S. The summed E-state index contributed by atoms with van der Waals surface area (Å²) in [4.78, 5) is 29.9. The highest BCUT2D eigenvalue weighted by Gasteiger charge is 2.21. The van der Waals surface area contributed by atoms with Crippen LogP contribution < -0.4 is 10.1 Å². The van der Waals surface area contributed by atoms with Crippen LogP contribution in [0.25, 0.3) is 22.2 Å². The molecule has 2 aromatic heterocycles. The quantitative estimate of drug-likeness (QED) is 0.454. The van der Waals surface area contributed by atoms with E-state index in [0.717, 1.165) is 22.8 Å². The average molecular weight is 434 g/mol. The van der Waals surface area contributed by atoms with Crippen molar-refractivity contribution in [3.05, 3.63) is 65.9 Å². The molecule has 0 radical (unpaired) electrons. The lowest BCUT2D eigenvalue weighted by atomic mass is 10.0. The Labute approximate surface area is 182 Å². The molecule has 4 aromatic rings. The number of amides is 1. The molecule has 2 aromatic carbocycles. The van der Waals surface area contributed by atoms with Gasteiger partial charge in [0.25, 0.3) is 5.91 Å². The lowest BCUT2D eigenvalue weighted by Gasteiger charge is -2.10. The summed E-state index contributed by atoms with van der Waals surface area (Å²) in [5.74, 6) is -0.304. The zero-order valence-electron chi connectivity index (χ0n) is 16.8. The number of benzene rings is 2. The fourth-order valence-electron chi connectivity index (χ4n) is 3.05. The second-order valence-electron chi connectivity index (χ2n) is 6.43. The lowest BCUT2D eigenvalue weighted by molar-refractivity contribution is 0.0520. The van der Waals surface area contributed by atoms with Gasteiger partial charge >= 0.3 is 5.97 Å². The van der Waals surface area contributed by atoms with E-state index in [1.807, 2.05) is 48.5 Å². The highest BCUT2D eigenvalue weighted by Crippen LogP contribution is 2.28. The van der Waals surface area contributed by atoms with E-state index in [1.165, 1.54) is 0 Å². The Morgan fingerprint density at radius 3 is 2.61 bits per heavy atom. The van der Waals surface area contributed by atoms with Crippen LogP contribution in [0.5, 0.6) is 5.75 Å². The Balaban J connectivity index is 1.73. The van der Waals surface area contributed by atoms with Gasteiger partial charge in [0.05, 0.1) is 30.5 Å². The minimum atomic E-state index is -0.634. The average Bonchev–Trinajstić information content (AvgIpc) is 3.26. The molecular weight excluding hydrogens is 416 g/mol. The molecule has 0 saturated heterocycles. The van der Waals surface area contributed by atoms with E-state index in [9.17, 15) is 9.59 Å². The molecule has 0 saturated carbocycles. The first-order chi connectivity index (χ1) is 15.1. The maximum atomic E-state index is 13.2. The first kappa shape index (κ1) is 20.4. The standard InChI is InChI=1S/C22H18N4O4S/c1-3-30-22(28)19-21(31-26-25-19)24-20(27)16-12-18(13-8-10-14(29-2)11-9-13)23-17-7-5-4-6-15(16)17/h4-12H,3H2,1-2H3,(H,24,27). The topological polar surface area (TPSA) is 103 Å². The Morgan fingerprint density at radius 1 is 1.10 bits per heavy atom.